The van der Waals surface area contributed by atoms with Gasteiger partial charge in [-0.3, -0.25) is 9.69 Å². The molecule has 1 aliphatic heterocycles. The Bertz CT molecular complexity index is 1100. The Labute approximate surface area is 202 Å². The van der Waals surface area contributed by atoms with Crippen LogP contribution in [0.15, 0.2) is 54.7 Å². The molecule has 0 radical (unpaired) electrons. The maximum atomic E-state index is 13.6. The topological polar surface area (TPSA) is 51.8 Å². The fourth-order valence-corrected chi connectivity index (χ4v) is 5.57. The average Bonchev–Trinajstić information content (AvgIpc) is 3.39. The van der Waals surface area contributed by atoms with E-state index in [0.29, 0.717) is 6.54 Å². The number of para-hydroxylation sites is 2. The summed E-state index contributed by atoms with van der Waals surface area (Å²) < 4.78 is 5.63. The molecule has 1 saturated carbocycles. The summed E-state index contributed by atoms with van der Waals surface area (Å²) in [4.78, 5) is 23.9. The smallest absolute Gasteiger partial charge is 0.230 e. The monoisotopic (exact) mass is 460 g/mol. The lowest BCUT2D eigenvalue weighted by Crippen LogP contribution is -2.49. The first-order valence-electron chi connectivity index (χ1n) is 12.7. The number of benzene rings is 2. The molecule has 0 bridgehead atoms. The molecular weight excluding hydrogens is 424 g/mol. The van der Waals surface area contributed by atoms with Crippen molar-refractivity contribution in [3.8, 4) is 5.75 Å². The van der Waals surface area contributed by atoms with Crippen molar-refractivity contribution in [1.82, 2.24) is 9.88 Å². The van der Waals surface area contributed by atoms with Gasteiger partial charge in [0.1, 0.15) is 5.75 Å². The summed E-state index contributed by atoms with van der Waals surface area (Å²) in [7, 11) is 1.69. The van der Waals surface area contributed by atoms with Crippen molar-refractivity contribution in [1.29, 1.82) is 0 Å². The van der Waals surface area contributed by atoms with Crippen LogP contribution in [0, 0.1) is 5.92 Å². The molecule has 2 fully saturated rings. The number of nitrogens with zero attached hydrogens (tertiary/aromatic N) is 3. The van der Waals surface area contributed by atoms with E-state index in [0.717, 1.165) is 69.8 Å². The van der Waals surface area contributed by atoms with Crippen LogP contribution in [0.4, 0.5) is 11.4 Å². The van der Waals surface area contributed by atoms with Gasteiger partial charge >= 0.3 is 0 Å². The van der Waals surface area contributed by atoms with Crippen LogP contribution in [0.2, 0.25) is 0 Å². The summed E-state index contributed by atoms with van der Waals surface area (Å²) in [6.45, 7) is 5.56. The molecule has 1 aliphatic carbocycles. The van der Waals surface area contributed by atoms with E-state index < -0.39 is 0 Å². The van der Waals surface area contributed by atoms with E-state index >= 15 is 0 Å². The number of carbonyl (C=O) groups excluding carboxylic acids is 1. The third kappa shape index (κ3) is 4.78. The number of fused-ring (bicyclic) bond motifs is 1. The zero-order chi connectivity index (χ0) is 23.3. The number of piperazine rings is 1. The fourth-order valence-electron chi connectivity index (χ4n) is 5.57. The third-order valence-corrected chi connectivity index (χ3v) is 7.52. The van der Waals surface area contributed by atoms with Crippen LogP contribution in [0.1, 0.15) is 32.1 Å². The molecule has 2 aliphatic rings. The molecule has 1 aromatic heterocycles. The lowest BCUT2D eigenvalue weighted by atomic mass is 9.88. The van der Waals surface area contributed by atoms with E-state index in [1.807, 2.05) is 35.4 Å². The van der Waals surface area contributed by atoms with Gasteiger partial charge < -0.3 is 19.5 Å². The minimum absolute atomic E-state index is 0.136. The van der Waals surface area contributed by atoms with E-state index in [1.54, 1.807) is 7.11 Å². The van der Waals surface area contributed by atoms with Crippen molar-refractivity contribution >= 4 is 28.2 Å². The number of ether oxygens (including phenoxy) is 1. The van der Waals surface area contributed by atoms with Gasteiger partial charge in [0.2, 0.25) is 5.91 Å². The summed E-state index contributed by atoms with van der Waals surface area (Å²) in [5.41, 5.74) is 3.40. The van der Waals surface area contributed by atoms with Crippen LogP contribution in [0.3, 0.4) is 0 Å². The van der Waals surface area contributed by atoms with Crippen molar-refractivity contribution in [2.45, 2.75) is 32.1 Å². The number of hydrogen-bond acceptors (Lipinski definition) is 4. The number of nitrogens with one attached hydrogen (secondary N) is 1. The van der Waals surface area contributed by atoms with Crippen molar-refractivity contribution in [3.05, 3.63) is 54.7 Å². The Hall–Kier alpha value is -2.99. The SMILES string of the molecule is COc1ccccc1N(CCN1CCN(c2cccc3[nH]ccc23)CC1)C(=O)C1CCCCC1. The van der Waals surface area contributed by atoms with E-state index in [9.17, 15) is 4.79 Å². The Morgan fingerprint density at radius 1 is 1.00 bits per heavy atom. The molecule has 5 rings (SSSR count). The second-order valence-corrected chi connectivity index (χ2v) is 9.54. The van der Waals surface area contributed by atoms with Gasteiger partial charge in [0.25, 0.3) is 0 Å². The maximum Gasteiger partial charge on any atom is 0.230 e. The van der Waals surface area contributed by atoms with Gasteiger partial charge in [-0.25, -0.2) is 0 Å². The molecule has 1 N–H and O–H groups in total. The number of aromatic nitrogens is 1. The van der Waals surface area contributed by atoms with Gasteiger partial charge in [-0.05, 0) is 43.2 Å². The molecule has 2 aromatic carbocycles. The molecule has 6 nitrogen and oxygen atoms in total. The summed E-state index contributed by atoms with van der Waals surface area (Å²) in [5, 5.41) is 1.29. The number of H-pyrrole nitrogens is 1. The van der Waals surface area contributed by atoms with Crippen LogP contribution in [-0.4, -0.2) is 62.2 Å². The van der Waals surface area contributed by atoms with Crippen LogP contribution < -0.4 is 14.5 Å². The number of amides is 1. The molecule has 0 unspecified atom stereocenters. The molecule has 0 atom stereocenters. The molecule has 1 saturated heterocycles. The lowest BCUT2D eigenvalue weighted by molar-refractivity contribution is -0.123. The third-order valence-electron chi connectivity index (χ3n) is 7.52. The highest BCUT2D eigenvalue weighted by atomic mass is 16.5. The summed E-state index contributed by atoms with van der Waals surface area (Å²) in [6.07, 6.45) is 7.60. The predicted octanol–water partition coefficient (Wildman–Crippen LogP) is 4.91. The second kappa shape index (κ2) is 10.5. The number of hydrogen-bond donors (Lipinski definition) is 1. The molecular formula is C28H36N4O2. The standard InChI is InChI=1S/C28H36N4O2/c1-34-27-13-6-5-11-26(27)32(28(33)22-8-3-2-4-9-22)21-18-30-16-19-31(20-17-30)25-12-7-10-24-23(25)14-15-29-24/h5-7,10-15,22,29H,2-4,8-9,16-21H2,1H3. The average molecular weight is 461 g/mol. The zero-order valence-electron chi connectivity index (χ0n) is 20.2. The van der Waals surface area contributed by atoms with Crippen LogP contribution >= 0.6 is 0 Å². The van der Waals surface area contributed by atoms with E-state index in [-0.39, 0.29) is 11.8 Å². The number of methoxy groups -OCH3 is 1. The molecule has 3 aromatic rings. The largest absolute Gasteiger partial charge is 0.495 e. The first-order valence-corrected chi connectivity index (χ1v) is 12.7. The first kappa shape index (κ1) is 22.8. The molecule has 180 valence electrons. The van der Waals surface area contributed by atoms with Crippen LogP contribution in [0.5, 0.6) is 5.75 Å². The quantitative estimate of drug-likeness (QED) is 0.544. The minimum Gasteiger partial charge on any atom is -0.495 e. The summed E-state index contributed by atoms with van der Waals surface area (Å²) >= 11 is 0. The number of carbonyl (C=O) groups is 1. The van der Waals surface area contributed by atoms with Gasteiger partial charge in [0.05, 0.1) is 12.8 Å². The van der Waals surface area contributed by atoms with Crippen molar-refractivity contribution in [2.24, 2.45) is 5.92 Å². The zero-order valence-corrected chi connectivity index (χ0v) is 20.2. The van der Waals surface area contributed by atoms with E-state index in [4.69, 9.17) is 4.74 Å². The number of rotatable bonds is 7. The first-order chi connectivity index (χ1) is 16.7. The van der Waals surface area contributed by atoms with Gasteiger partial charge in [0.15, 0.2) is 0 Å². The second-order valence-electron chi connectivity index (χ2n) is 9.54. The lowest BCUT2D eigenvalue weighted by Gasteiger charge is -2.38. The predicted molar refractivity (Wildman–Crippen MR) is 139 cm³/mol. The Morgan fingerprint density at radius 3 is 2.59 bits per heavy atom. The summed E-state index contributed by atoms with van der Waals surface area (Å²) in [5.74, 6) is 1.18. The van der Waals surface area contributed by atoms with E-state index in [1.165, 1.54) is 23.0 Å². The highest BCUT2D eigenvalue weighted by Gasteiger charge is 2.29. The number of anilines is 2. The van der Waals surface area contributed by atoms with Gasteiger partial charge in [0, 0.05) is 68.0 Å². The van der Waals surface area contributed by atoms with E-state index in [2.05, 4.69) is 39.0 Å². The summed E-state index contributed by atoms with van der Waals surface area (Å²) in [6, 6.07) is 16.6. The fraction of sp³-hybridized carbons (Fsp3) is 0.464. The van der Waals surface area contributed by atoms with Gasteiger partial charge in [-0.2, -0.15) is 0 Å². The highest BCUT2D eigenvalue weighted by Crippen LogP contribution is 2.32. The van der Waals surface area contributed by atoms with Crippen LogP contribution in [0.25, 0.3) is 10.9 Å². The Kier molecular flexibility index (Phi) is 7.05. The van der Waals surface area contributed by atoms with Crippen molar-refractivity contribution in [2.75, 3.05) is 56.2 Å². The highest BCUT2D eigenvalue weighted by molar-refractivity contribution is 5.96. The Balaban J connectivity index is 1.25. The molecule has 34 heavy (non-hydrogen) atoms. The number of aromatic amines is 1. The van der Waals surface area contributed by atoms with Crippen LogP contribution in [-0.2, 0) is 4.79 Å². The molecule has 1 amide bonds. The normalized spacial score (nSPS) is 17.7. The Morgan fingerprint density at radius 2 is 1.79 bits per heavy atom. The maximum absolute atomic E-state index is 13.6. The van der Waals surface area contributed by atoms with Crippen molar-refractivity contribution < 1.29 is 9.53 Å². The molecule has 6 heteroatoms. The minimum atomic E-state index is 0.136. The van der Waals surface area contributed by atoms with Crippen molar-refractivity contribution in [3.63, 3.8) is 0 Å². The molecule has 0 spiro atoms. The van der Waals surface area contributed by atoms with Gasteiger partial charge in [-0.15, -0.1) is 0 Å². The van der Waals surface area contributed by atoms with Gasteiger partial charge in [-0.1, -0.05) is 37.5 Å². The molecule has 2 heterocycles.